The molecule has 5 heteroatoms. The van der Waals surface area contributed by atoms with Gasteiger partial charge >= 0.3 is 0 Å². The first-order chi connectivity index (χ1) is 5.79. The number of nitrogens with zero attached hydrogens (tertiary/aromatic N) is 1. The van der Waals surface area contributed by atoms with E-state index >= 15 is 0 Å². The predicted molar refractivity (Wildman–Crippen MR) is 62.4 cm³/mol. The molecule has 0 spiro atoms. The number of nitrogens with one attached hydrogen (secondary N) is 2. The van der Waals surface area contributed by atoms with Gasteiger partial charge in [0.15, 0.2) is 5.96 Å². The molecule has 1 heterocycles. The second kappa shape index (κ2) is 4.45. The van der Waals surface area contributed by atoms with Crippen LogP contribution in [0.4, 0.5) is 0 Å². The molecule has 0 radical (unpaired) electrons. The SMILES string of the molecule is CC1CN=C(NC2CC2CO)N1.I. The predicted octanol–water partition coefficient (Wildman–Crippen LogP) is -0.0775. The van der Waals surface area contributed by atoms with Crippen molar-refractivity contribution in [1.29, 1.82) is 0 Å². The van der Waals surface area contributed by atoms with Crippen molar-refractivity contribution in [2.45, 2.75) is 25.4 Å². The van der Waals surface area contributed by atoms with E-state index in [1.165, 1.54) is 0 Å². The Kier molecular flexibility index (Phi) is 3.78. The molecular formula is C8H16IN3O. The molecule has 0 aromatic carbocycles. The van der Waals surface area contributed by atoms with Crippen molar-refractivity contribution in [3.05, 3.63) is 0 Å². The van der Waals surface area contributed by atoms with Gasteiger partial charge in [0.2, 0.25) is 0 Å². The molecule has 0 saturated heterocycles. The van der Waals surface area contributed by atoms with Gasteiger partial charge in [-0.05, 0) is 13.3 Å². The van der Waals surface area contributed by atoms with Crippen molar-refractivity contribution in [3.8, 4) is 0 Å². The summed E-state index contributed by atoms with van der Waals surface area (Å²) in [6.45, 7) is 3.26. The van der Waals surface area contributed by atoms with Gasteiger partial charge < -0.3 is 15.7 Å². The topological polar surface area (TPSA) is 56.7 Å². The Bertz CT molecular complexity index is 210. The molecule has 1 aliphatic carbocycles. The second-order valence-corrected chi connectivity index (χ2v) is 3.66. The summed E-state index contributed by atoms with van der Waals surface area (Å²) in [6.07, 6.45) is 1.07. The van der Waals surface area contributed by atoms with E-state index in [1.54, 1.807) is 0 Å². The van der Waals surface area contributed by atoms with Crippen molar-refractivity contribution in [2.24, 2.45) is 10.9 Å². The van der Waals surface area contributed by atoms with E-state index in [2.05, 4.69) is 22.5 Å². The van der Waals surface area contributed by atoms with Gasteiger partial charge in [-0.15, -0.1) is 24.0 Å². The fourth-order valence-corrected chi connectivity index (χ4v) is 1.44. The van der Waals surface area contributed by atoms with Gasteiger partial charge in [-0.1, -0.05) is 0 Å². The summed E-state index contributed by atoms with van der Waals surface area (Å²) in [5.41, 5.74) is 0. The van der Waals surface area contributed by atoms with Crippen LogP contribution in [0.25, 0.3) is 0 Å². The van der Waals surface area contributed by atoms with Crippen LogP contribution in [0.2, 0.25) is 0 Å². The lowest BCUT2D eigenvalue weighted by molar-refractivity contribution is 0.272. The van der Waals surface area contributed by atoms with Crippen molar-refractivity contribution < 1.29 is 5.11 Å². The molecule has 0 bridgehead atoms. The molecule has 3 atom stereocenters. The number of hydrogen-bond donors (Lipinski definition) is 3. The summed E-state index contributed by atoms with van der Waals surface area (Å²) in [4.78, 5) is 4.28. The third-order valence-electron chi connectivity index (χ3n) is 2.39. The summed E-state index contributed by atoms with van der Waals surface area (Å²) < 4.78 is 0. The van der Waals surface area contributed by atoms with E-state index in [4.69, 9.17) is 5.11 Å². The fraction of sp³-hybridized carbons (Fsp3) is 0.875. The largest absolute Gasteiger partial charge is 0.396 e. The van der Waals surface area contributed by atoms with Crippen LogP contribution in [0, 0.1) is 5.92 Å². The van der Waals surface area contributed by atoms with Crippen LogP contribution in [0.3, 0.4) is 0 Å². The van der Waals surface area contributed by atoms with Crippen molar-refractivity contribution in [1.82, 2.24) is 10.6 Å². The highest BCUT2D eigenvalue weighted by Gasteiger charge is 2.37. The zero-order valence-corrected chi connectivity index (χ0v) is 9.99. The van der Waals surface area contributed by atoms with Gasteiger partial charge in [0, 0.05) is 24.6 Å². The minimum absolute atomic E-state index is 0. The van der Waals surface area contributed by atoms with Gasteiger partial charge in [0.05, 0.1) is 6.54 Å². The standard InChI is InChI=1S/C8H15N3O.HI/c1-5-3-9-8(10-5)11-7-2-6(7)4-12;/h5-7,12H,2-4H2,1H3,(H2,9,10,11);1H. The lowest BCUT2D eigenvalue weighted by Crippen LogP contribution is -2.39. The van der Waals surface area contributed by atoms with Crippen LogP contribution in [0.15, 0.2) is 4.99 Å². The highest BCUT2D eigenvalue weighted by atomic mass is 127. The average molecular weight is 297 g/mol. The number of aliphatic hydroxyl groups excluding tert-OH is 1. The molecule has 0 aromatic rings. The maximum absolute atomic E-state index is 8.80. The van der Waals surface area contributed by atoms with E-state index in [0.717, 1.165) is 18.9 Å². The van der Waals surface area contributed by atoms with Gasteiger partial charge in [-0.2, -0.15) is 0 Å². The zero-order chi connectivity index (χ0) is 8.55. The highest BCUT2D eigenvalue weighted by molar-refractivity contribution is 14.0. The molecule has 0 amide bonds. The van der Waals surface area contributed by atoms with E-state index < -0.39 is 0 Å². The maximum Gasteiger partial charge on any atom is 0.191 e. The van der Waals surface area contributed by atoms with Gasteiger partial charge in [-0.25, -0.2) is 0 Å². The third kappa shape index (κ3) is 2.70. The van der Waals surface area contributed by atoms with Gasteiger partial charge in [0.1, 0.15) is 0 Å². The Hall–Kier alpha value is -0.0400. The van der Waals surface area contributed by atoms with Gasteiger partial charge in [-0.3, -0.25) is 4.99 Å². The first-order valence-electron chi connectivity index (χ1n) is 4.48. The number of halogens is 1. The molecule has 2 rings (SSSR count). The summed E-state index contributed by atoms with van der Waals surface area (Å²) in [7, 11) is 0. The molecule has 0 aromatic heterocycles. The molecule has 2 aliphatic rings. The second-order valence-electron chi connectivity index (χ2n) is 3.66. The molecule has 1 saturated carbocycles. The minimum atomic E-state index is 0. The van der Waals surface area contributed by atoms with Crippen LogP contribution in [-0.4, -0.2) is 36.3 Å². The quantitative estimate of drug-likeness (QED) is 0.625. The van der Waals surface area contributed by atoms with E-state index in [-0.39, 0.29) is 24.0 Å². The van der Waals surface area contributed by atoms with Crippen LogP contribution in [0.5, 0.6) is 0 Å². The third-order valence-corrected chi connectivity index (χ3v) is 2.39. The monoisotopic (exact) mass is 297 g/mol. The highest BCUT2D eigenvalue weighted by Crippen LogP contribution is 2.29. The van der Waals surface area contributed by atoms with Crippen molar-refractivity contribution in [2.75, 3.05) is 13.2 Å². The molecule has 4 nitrogen and oxygen atoms in total. The Balaban J connectivity index is 0.000000845. The average Bonchev–Trinajstić information content (AvgIpc) is 2.67. The van der Waals surface area contributed by atoms with E-state index in [0.29, 0.717) is 24.6 Å². The Morgan fingerprint density at radius 3 is 2.92 bits per heavy atom. The summed E-state index contributed by atoms with van der Waals surface area (Å²) >= 11 is 0. The summed E-state index contributed by atoms with van der Waals surface area (Å²) in [5.74, 6) is 1.36. The first-order valence-corrected chi connectivity index (χ1v) is 4.48. The van der Waals surface area contributed by atoms with Crippen LogP contribution in [0.1, 0.15) is 13.3 Å². The first kappa shape index (κ1) is 11.0. The smallest absolute Gasteiger partial charge is 0.191 e. The zero-order valence-electron chi connectivity index (χ0n) is 7.66. The van der Waals surface area contributed by atoms with Crippen LogP contribution >= 0.6 is 24.0 Å². The number of hydrogen-bond acceptors (Lipinski definition) is 4. The molecule has 76 valence electrons. The van der Waals surface area contributed by atoms with Gasteiger partial charge in [0.25, 0.3) is 0 Å². The van der Waals surface area contributed by atoms with E-state index in [1.807, 2.05) is 0 Å². The summed E-state index contributed by atoms with van der Waals surface area (Å²) in [6, 6.07) is 0.908. The number of aliphatic hydroxyl groups is 1. The van der Waals surface area contributed by atoms with Crippen molar-refractivity contribution in [3.63, 3.8) is 0 Å². The molecule has 1 aliphatic heterocycles. The summed E-state index contributed by atoms with van der Waals surface area (Å²) in [5, 5.41) is 15.3. The maximum atomic E-state index is 8.80. The normalized spacial score (nSPS) is 35.8. The Morgan fingerprint density at radius 2 is 2.46 bits per heavy atom. The lowest BCUT2D eigenvalue weighted by Gasteiger charge is -2.07. The van der Waals surface area contributed by atoms with Crippen molar-refractivity contribution >= 4 is 29.9 Å². The Morgan fingerprint density at radius 1 is 1.69 bits per heavy atom. The molecule has 3 unspecified atom stereocenters. The molecule has 13 heavy (non-hydrogen) atoms. The van der Waals surface area contributed by atoms with E-state index in [9.17, 15) is 0 Å². The fourth-order valence-electron chi connectivity index (χ4n) is 1.44. The van der Waals surface area contributed by atoms with Crippen LogP contribution in [-0.2, 0) is 0 Å². The number of rotatable bonds is 2. The molecule has 3 N–H and O–H groups in total. The number of guanidine groups is 1. The minimum Gasteiger partial charge on any atom is -0.396 e. The lowest BCUT2D eigenvalue weighted by atomic mass is 10.4. The Labute approximate surface area is 95.2 Å². The van der Waals surface area contributed by atoms with Crippen LogP contribution < -0.4 is 10.6 Å². The molecule has 1 fully saturated rings. The number of aliphatic imine (C=N–C) groups is 1. The molecular weight excluding hydrogens is 281 g/mol.